The fourth-order valence-electron chi connectivity index (χ4n) is 3.23. The Bertz CT molecular complexity index is 916. The van der Waals surface area contributed by atoms with Crippen molar-refractivity contribution in [3.05, 3.63) is 71.8 Å². The molecule has 0 N–H and O–H groups in total. The van der Waals surface area contributed by atoms with Gasteiger partial charge in [0.1, 0.15) is 5.44 Å². The van der Waals surface area contributed by atoms with E-state index in [1.165, 1.54) is 18.7 Å². The summed E-state index contributed by atoms with van der Waals surface area (Å²) in [5, 5.41) is 0.159. The minimum atomic E-state index is -1.04. The van der Waals surface area contributed by atoms with Gasteiger partial charge in [-0.3, -0.25) is 4.79 Å². The predicted molar refractivity (Wildman–Crippen MR) is 119 cm³/mol. The molecule has 0 unspecified atom stereocenters. The van der Waals surface area contributed by atoms with E-state index in [9.17, 15) is 14.4 Å². The van der Waals surface area contributed by atoms with E-state index in [0.717, 1.165) is 0 Å². The Kier molecular flexibility index (Phi) is 8.30. The van der Waals surface area contributed by atoms with Crippen LogP contribution in [0, 0.1) is 0 Å². The largest absolute Gasteiger partial charge is 0.455 e. The van der Waals surface area contributed by atoms with Crippen molar-refractivity contribution in [1.29, 1.82) is 0 Å². The van der Waals surface area contributed by atoms with Crippen LogP contribution in [0.3, 0.4) is 0 Å². The molecule has 2 aromatic carbocycles. The van der Waals surface area contributed by atoms with Crippen molar-refractivity contribution in [2.45, 2.75) is 49.8 Å². The van der Waals surface area contributed by atoms with Crippen molar-refractivity contribution in [3.8, 4) is 0 Å². The maximum Gasteiger partial charge on any atom is 0.338 e. The maximum atomic E-state index is 12.8. The van der Waals surface area contributed by atoms with E-state index in [1.807, 2.05) is 13.8 Å². The lowest BCUT2D eigenvalue weighted by molar-refractivity contribution is -0.191. The average molecular weight is 459 g/mol. The highest BCUT2D eigenvalue weighted by Crippen LogP contribution is 2.33. The summed E-state index contributed by atoms with van der Waals surface area (Å²) in [7, 11) is 0. The first-order chi connectivity index (χ1) is 15.3. The molecule has 0 bridgehead atoms. The molecule has 0 amide bonds. The lowest BCUT2D eigenvalue weighted by Gasteiger charge is -2.40. The zero-order valence-electron chi connectivity index (χ0n) is 18.1. The molecular formula is C24H26O7S. The summed E-state index contributed by atoms with van der Waals surface area (Å²) in [6, 6.07) is 16.9. The second-order valence-electron chi connectivity index (χ2n) is 7.51. The lowest BCUT2D eigenvalue weighted by Crippen LogP contribution is -2.56. The highest BCUT2D eigenvalue weighted by molar-refractivity contribution is 8.00. The van der Waals surface area contributed by atoms with Crippen molar-refractivity contribution >= 4 is 29.7 Å². The topological polar surface area (TPSA) is 88.1 Å². The Balaban J connectivity index is 1.88. The van der Waals surface area contributed by atoms with Gasteiger partial charge in [-0.15, -0.1) is 11.8 Å². The number of ether oxygens (including phenoxy) is 4. The van der Waals surface area contributed by atoms with Crippen molar-refractivity contribution < 1.29 is 33.3 Å². The van der Waals surface area contributed by atoms with Crippen molar-refractivity contribution in [2.24, 2.45) is 0 Å². The third-order valence-electron chi connectivity index (χ3n) is 4.61. The number of thioether (sulfide) groups is 1. The fourth-order valence-corrected chi connectivity index (χ4v) is 4.29. The van der Waals surface area contributed by atoms with Gasteiger partial charge < -0.3 is 18.9 Å². The normalized spacial score (nSPS) is 22.8. The number of rotatable bonds is 7. The molecule has 1 saturated heterocycles. The average Bonchev–Trinajstić information content (AvgIpc) is 2.78. The lowest BCUT2D eigenvalue weighted by atomic mass is 10.1. The first kappa shape index (κ1) is 23.8. The molecule has 0 radical (unpaired) electrons. The highest BCUT2D eigenvalue weighted by atomic mass is 32.2. The summed E-state index contributed by atoms with van der Waals surface area (Å²) in [5.74, 6) is -1.75. The Morgan fingerprint density at radius 2 is 1.38 bits per heavy atom. The fraction of sp³-hybridized carbons (Fsp3) is 0.375. The smallest absolute Gasteiger partial charge is 0.338 e. The second-order valence-corrected chi connectivity index (χ2v) is 9.19. The SMILES string of the molecule is CC(=O)O[C@@H]1[C@@H](OC(=O)c2ccccc2)[C@H](OC(=O)c2ccccc2)CO[C@H]1SC(C)C. The van der Waals surface area contributed by atoms with Crippen LogP contribution in [0.4, 0.5) is 0 Å². The monoisotopic (exact) mass is 458 g/mol. The van der Waals surface area contributed by atoms with Gasteiger partial charge in [-0.05, 0) is 24.3 Å². The zero-order chi connectivity index (χ0) is 23.1. The van der Waals surface area contributed by atoms with E-state index in [0.29, 0.717) is 11.1 Å². The van der Waals surface area contributed by atoms with Crippen LogP contribution in [0.25, 0.3) is 0 Å². The first-order valence-corrected chi connectivity index (χ1v) is 11.3. The van der Waals surface area contributed by atoms with Crippen molar-refractivity contribution in [3.63, 3.8) is 0 Å². The maximum absolute atomic E-state index is 12.8. The molecule has 4 atom stereocenters. The van der Waals surface area contributed by atoms with Gasteiger partial charge in [-0.1, -0.05) is 50.2 Å². The second kappa shape index (κ2) is 11.2. The molecule has 7 nitrogen and oxygen atoms in total. The van der Waals surface area contributed by atoms with E-state index in [4.69, 9.17) is 18.9 Å². The van der Waals surface area contributed by atoms with Gasteiger partial charge >= 0.3 is 17.9 Å². The quantitative estimate of drug-likeness (QED) is 0.456. The molecule has 1 aliphatic heterocycles. The van der Waals surface area contributed by atoms with Crippen LogP contribution in [0.15, 0.2) is 60.7 Å². The van der Waals surface area contributed by atoms with Crippen LogP contribution in [0.5, 0.6) is 0 Å². The number of hydrogen-bond donors (Lipinski definition) is 0. The molecule has 32 heavy (non-hydrogen) atoms. The number of hydrogen-bond acceptors (Lipinski definition) is 8. The molecule has 2 aromatic rings. The molecule has 170 valence electrons. The van der Waals surface area contributed by atoms with Gasteiger partial charge in [0.25, 0.3) is 0 Å². The summed E-state index contributed by atoms with van der Waals surface area (Å²) in [4.78, 5) is 37.4. The third-order valence-corrected chi connectivity index (χ3v) is 5.83. The van der Waals surface area contributed by atoms with Crippen LogP contribution in [0.1, 0.15) is 41.5 Å². The summed E-state index contributed by atoms with van der Waals surface area (Å²) in [6.07, 6.45) is -2.94. The molecule has 1 heterocycles. The van der Waals surface area contributed by atoms with E-state index < -0.39 is 41.7 Å². The van der Waals surface area contributed by atoms with Gasteiger partial charge in [-0.25, -0.2) is 9.59 Å². The van der Waals surface area contributed by atoms with E-state index in [1.54, 1.807) is 60.7 Å². The molecule has 1 aliphatic rings. The summed E-state index contributed by atoms with van der Waals surface area (Å²) in [5.41, 5.74) is 0.101. The minimum absolute atomic E-state index is 0.00649. The van der Waals surface area contributed by atoms with Crippen molar-refractivity contribution in [1.82, 2.24) is 0 Å². The number of carbonyl (C=O) groups excluding carboxylic acids is 3. The summed E-state index contributed by atoms with van der Waals surface area (Å²) in [6.45, 7) is 5.22. The van der Waals surface area contributed by atoms with Crippen molar-refractivity contribution in [2.75, 3.05) is 6.61 Å². The van der Waals surface area contributed by atoms with Crippen LogP contribution >= 0.6 is 11.8 Å². The molecule has 0 saturated carbocycles. The Hall–Kier alpha value is -2.84. The molecule has 8 heteroatoms. The zero-order valence-corrected chi connectivity index (χ0v) is 18.9. The van der Waals surface area contributed by atoms with Crippen LogP contribution in [-0.4, -0.2) is 53.5 Å². The Labute approximate surface area is 191 Å². The van der Waals surface area contributed by atoms with E-state index >= 15 is 0 Å². The summed E-state index contributed by atoms with van der Waals surface area (Å²) < 4.78 is 22.8. The van der Waals surface area contributed by atoms with Crippen LogP contribution in [-0.2, 0) is 23.7 Å². The third kappa shape index (κ3) is 6.34. The number of carbonyl (C=O) groups is 3. The van der Waals surface area contributed by atoms with Gasteiger partial charge in [0.05, 0.1) is 17.7 Å². The number of esters is 3. The van der Waals surface area contributed by atoms with Crippen LogP contribution < -0.4 is 0 Å². The molecule has 3 rings (SSSR count). The molecule has 0 aromatic heterocycles. The van der Waals surface area contributed by atoms with Gasteiger partial charge in [0.2, 0.25) is 0 Å². The standard InChI is InChI=1S/C24H26O7S/c1-15(2)32-24-21(29-16(3)25)20(31-23(27)18-12-8-5-9-13-18)19(14-28-24)30-22(26)17-10-6-4-7-11-17/h4-13,15,19-21,24H,14H2,1-3H3/t19-,20+,21-,24+/m1/s1. The van der Waals surface area contributed by atoms with Gasteiger partial charge in [0.15, 0.2) is 18.3 Å². The molecule has 0 spiro atoms. The first-order valence-electron chi connectivity index (χ1n) is 10.3. The molecular weight excluding hydrogens is 432 g/mol. The Morgan fingerprint density at radius 1 is 0.844 bits per heavy atom. The number of benzene rings is 2. The highest BCUT2D eigenvalue weighted by Gasteiger charge is 2.48. The summed E-state index contributed by atoms with van der Waals surface area (Å²) >= 11 is 1.44. The van der Waals surface area contributed by atoms with E-state index in [-0.39, 0.29) is 11.9 Å². The predicted octanol–water partition coefficient (Wildman–Crippen LogP) is 3.87. The van der Waals surface area contributed by atoms with Gasteiger partial charge in [0, 0.05) is 12.2 Å². The van der Waals surface area contributed by atoms with Crippen LogP contribution in [0.2, 0.25) is 0 Å². The molecule has 0 aliphatic carbocycles. The Morgan fingerprint density at radius 3 is 1.88 bits per heavy atom. The molecule has 1 fully saturated rings. The minimum Gasteiger partial charge on any atom is -0.455 e. The van der Waals surface area contributed by atoms with Gasteiger partial charge in [-0.2, -0.15) is 0 Å². The van der Waals surface area contributed by atoms with E-state index in [2.05, 4.69) is 0 Å².